The van der Waals surface area contributed by atoms with E-state index in [0.29, 0.717) is 46.9 Å². The Kier molecular flexibility index (Phi) is 3.69. The summed E-state index contributed by atoms with van der Waals surface area (Å²) in [6.07, 6.45) is 7.02. The van der Waals surface area contributed by atoms with Crippen molar-refractivity contribution in [2.45, 2.75) is 24.9 Å². The summed E-state index contributed by atoms with van der Waals surface area (Å²) in [5, 5.41) is 11.6. The van der Waals surface area contributed by atoms with Crippen LogP contribution in [0.4, 0.5) is 0 Å². The second kappa shape index (κ2) is 5.80. The fourth-order valence-electron chi connectivity index (χ4n) is 2.87. The number of hydrogen-bond acceptors (Lipinski definition) is 7. The van der Waals surface area contributed by atoms with Crippen LogP contribution in [0.2, 0.25) is 0 Å². The zero-order chi connectivity index (χ0) is 18.5. The molecular formula is C17H15N5O3S. The summed E-state index contributed by atoms with van der Waals surface area (Å²) in [6.45, 7) is 1.72. The molecule has 0 amide bonds. The van der Waals surface area contributed by atoms with Crippen molar-refractivity contribution in [1.82, 2.24) is 19.9 Å². The number of hydrogen-bond donors (Lipinski definition) is 0. The highest BCUT2D eigenvalue weighted by Gasteiger charge is 2.23. The summed E-state index contributed by atoms with van der Waals surface area (Å²) in [5.41, 5.74) is 4.16. The lowest BCUT2D eigenvalue weighted by Gasteiger charge is -2.18. The predicted molar refractivity (Wildman–Crippen MR) is 92.7 cm³/mol. The molecule has 132 valence electrons. The molecule has 1 aliphatic carbocycles. The van der Waals surface area contributed by atoms with Gasteiger partial charge >= 0.3 is 0 Å². The molecule has 0 unspecified atom stereocenters. The molecular weight excluding hydrogens is 354 g/mol. The Morgan fingerprint density at radius 2 is 1.92 bits per heavy atom. The van der Waals surface area contributed by atoms with Crippen molar-refractivity contribution >= 4 is 9.84 Å². The highest BCUT2D eigenvalue weighted by atomic mass is 32.2. The summed E-state index contributed by atoms with van der Waals surface area (Å²) in [4.78, 5) is 17.1. The number of aryl methyl sites for hydroxylation is 3. The number of nitrogens with zero attached hydrogens (tertiary/aromatic N) is 5. The summed E-state index contributed by atoms with van der Waals surface area (Å²) in [6, 6.07) is 3.50. The highest BCUT2D eigenvalue weighted by Crippen LogP contribution is 2.31. The lowest BCUT2D eigenvalue weighted by molar-refractivity contribution is -0.611. The number of sulfone groups is 1. The van der Waals surface area contributed by atoms with Gasteiger partial charge < -0.3 is 5.21 Å². The van der Waals surface area contributed by atoms with Crippen molar-refractivity contribution in [3.05, 3.63) is 52.9 Å². The van der Waals surface area contributed by atoms with Crippen LogP contribution in [0.3, 0.4) is 0 Å². The lowest BCUT2D eigenvalue weighted by Crippen LogP contribution is -2.29. The quantitative estimate of drug-likeness (QED) is 0.377. The van der Waals surface area contributed by atoms with Gasteiger partial charge in [-0.05, 0) is 24.5 Å². The van der Waals surface area contributed by atoms with Crippen molar-refractivity contribution < 1.29 is 13.1 Å². The Labute approximate surface area is 150 Å². The molecule has 0 radical (unpaired) electrons. The molecule has 0 aliphatic heterocycles. The van der Waals surface area contributed by atoms with E-state index in [1.54, 1.807) is 25.3 Å². The normalized spacial score (nSPS) is 13.2. The first kappa shape index (κ1) is 16.5. The van der Waals surface area contributed by atoms with E-state index in [9.17, 15) is 13.6 Å². The van der Waals surface area contributed by atoms with E-state index in [1.807, 2.05) is 0 Å². The van der Waals surface area contributed by atoms with Gasteiger partial charge in [-0.3, -0.25) is 0 Å². The smallest absolute Gasteiger partial charge is 0.247 e. The zero-order valence-corrected chi connectivity index (χ0v) is 15.0. The minimum Gasteiger partial charge on any atom is -0.618 e. The largest absolute Gasteiger partial charge is 0.618 e. The first-order valence-electron chi connectivity index (χ1n) is 7.95. The minimum atomic E-state index is -3.47. The van der Waals surface area contributed by atoms with Crippen LogP contribution in [0, 0.1) is 12.1 Å². The van der Waals surface area contributed by atoms with Crippen LogP contribution in [0.25, 0.3) is 22.6 Å². The molecule has 3 aromatic rings. The maximum atomic E-state index is 11.8. The lowest BCUT2D eigenvalue weighted by atomic mass is 9.94. The molecule has 0 saturated carbocycles. The molecule has 26 heavy (non-hydrogen) atoms. The van der Waals surface area contributed by atoms with Gasteiger partial charge in [-0.2, -0.15) is 4.73 Å². The van der Waals surface area contributed by atoms with Gasteiger partial charge in [0.1, 0.15) is 0 Å². The average molecular weight is 369 g/mol. The van der Waals surface area contributed by atoms with E-state index in [4.69, 9.17) is 0 Å². The van der Waals surface area contributed by atoms with Crippen LogP contribution < -0.4 is 4.73 Å². The van der Waals surface area contributed by atoms with Crippen LogP contribution in [-0.2, 0) is 22.7 Å². The third-order valence-corrected chi connectivity index (χ3v) is 5.15. The molecule has 0 spiro atoms. The first-order chi connectivity index (χ1) is 12.3. The molecule has 8 nitrogen and oxygen atoms in total. The molecule has 1 aliphatic rings. The fourth-order valence-corrected chi connectivity index (χ4v) is 3.39. The molecule has 4 rings (SSSR count). The third-order valence-electron chi connectivity index (χ3n) is 4.29. The van der Waals surface area contributed by atoms with Crippen LogP contribution >= 0.6 is 0 Å². The molecule has 9 heteroatoms. The topological polar surface area (TPSA) is 113 Å². The maximum Gasteiger partial charge on any atom is 0.247 e. The Morgan fingerprint density at radius 3 is 2.65 bits per heavy atom. The zero-order valence-electron chi connectivity index (χ0n) is 14.2. The number of aromatic nitrogens is 5. The molecule has 0 bridgehead atoms. The molecule has 0 saturated heterocycles. The van der Waals surface area contributed by atoms with Crippen molar-refractivity contribution in [2.75, 3.05) is 6.26 Å². The second-order valence-electron chi connectivity index (χ2n) is 6.24. The van der Waals surface area contributed by atoms with E-state index < -0.39 is 9.84 Å². The van der Waals surface area contributed by atoms with Gasteiger partial charge in [0.05, 0.1) is 17.0 Å². The van der Waals surface area contributed by atoms with Gasteiger partial charge in [-0.15, -0.1) is 0 Å². The Bertz CT molecular complexity index is 1150. The van der Waals surface area contributed by atoms with E-state index in [2.05, 4.69) is 19.9 Å². The molecule has 0 N–H and O–H groups in total. The van der Waals surface area contributed by atoms with Gasteiger partial charge in [-0.25, -0.2) is 28.4 Å². The van der Waals surface area contributed by atoms with Gasteiger partial charge in [0.25, 0.3) is 0 Å². The third kappa shape index (κ3) is 2.80. The van der Waals surface area contributed by atoms with Crippen molar-refractivity contribution in [2.24, 2.45) is 0 Å². The molecule has 0 aromatic carbocycles. The van der Waals surface area contributed by atoms with Crippen molar-refractivity contribution in [3.63, 3.8) is 0 Å². The molecule has 0 atom stereocenters. The monoisotopic (exact) mass is 369 g/mol. The van der Waals surface area contributed by atoms with Crippen LogP contribution in [-0.4, -0.2) is 34.6 Å². The predicted octanol–water partition coefficient (Wildman–Crippen LogP) is 1.04. The minimum absolute atomic E-state index is 0.181. The molecule has 3 aromatic heterocycles. The van der Waals surface area contributed by atoms with Gasteiger partial charge in [-0.1, -0.05) is 0 Å². The van der Waals surface area contributed by atoms with Crippen molar-refractivity contribution in [1.29, 1.82) is 0 Å². The summed E-state index contributed by atoms with van der Waals surface area (Å²) in [5.74, 6) is 0.424. The molecule has 0 fully saturated rings. The van der Waals surface area contributed by atoms with Crippen LogP contribution in [0.15, 0.2) is 35.9 Å². The van der Waals surface area contributed by atoms with Crippen LogP contribution in [0.1, 0.15) is 17.0 Å². The fraction of sp³-hybridized carbons (Fsp3) is 0.235. The molecule has 3 heterocycles. The Hall–Kier alpha value is -2.94. The Balaban J connectivity index is 1.84. The number of rotatable bonds is 2. The van der Waals surface area contributed by atoms with Gasteiger partial charge in [0, 0.05) is 37.2 Å². The van der Waals surface area contributed by atoms with E-state index in [0.717, 1.165) is 16.5 Å². The number of fused-ring (bicyclic) bond motifs is 3. The highest BCUT2D eigenvalue weighted by molar-refractivity contribution is 7.90. The van der Waals surface area contributed by atoms with Gasteiger partial charge in [0.15, 0.2) is 17.7 Å². The summed E-state index contributed by atoms with van der Waals surface area (Å²) >= 11 is 0. The van der Waals surface area contributed by atoms with Crippen molar-refractivity contribution in [3.8, 4) is 22.6 Å². The first-order valence-corrected chi connectivity index (χ1v) is 9.84. The van der Waals surface area contributed by atoms with E-state index in [-0.39, 0.29) is 5.16 Å². The Morgan fingerprint density at radius 1 is 1.12 bits per heavy atom. The number of pyridine rings is 1. The second-order valence-corrected chi connectivity index (χ2v) is 8.15. The van der Waals surface area contributed by atoms with E-state index >= 15 is 0 Å². The standard InChI is InChI=1S/C17H15N5O3S/c1-10-3-4-12(9-22(10)23)16-18-7-11-5-6-14-13(15(11)21-16)8-19-17(20-14)26(2,24)25/h3-4,7-9H,5-6H2,1-2H3. The van der Waals surface area contributed by atoms with Gasteiger partial charge in [0.2, 0.25) is 15.0 Å². The SMILES string of the molecule is Cc1ccc(-c2ncc3c(n2)-c2cnc(S(C)(=O)=O)nc2CC3)c[n+]1[O-]. The summed E-state index contributed by atoms with van der Waals surface area (Å²) in [7, 11) is -3.47. The summed E-state index contributed by atoms with van der Waals surface area (Å²) < 4.78 is 24.1. The maximum absolute atomic E-state index is 11.8. The van der Waals surface area contributed by atoms with E-state index in [1.165, 1.54) is 12.4 Å². The van der Waals surface area contributed by atoms with Crippen LogP contribution in [0.5, 0.6) is 0 Å². The average Bonchev–Trinajstić information content (AvgIpc) is 2.62.